The number of carbonyl (C=O) groups is 1. The van der Waals surface area contributed by atoms with Crippen molar-refractivity contribution in [2.75, 3.05) is 0 Å². The number of nitro benzene ring substituents is 1. The SMILES string of the molecule is O=C(N/N=C/c1ccccc1OS(=O)(=O)c1ccccc1[N+](=O)[O-])C1CCC1. The van der Waals surface area contributed by atoms with Crippen LogP contribution in [-0.4, -0.2) is 25.5 Å². The standard InChI is InChI=1S/C18H17N3O6S/c22-18(13-7-5-8-13)20-19-12-14-6-1-3-10-16(14)27-28(25,26)17-11-4-2-9-15(17)21(23)24/h1-4,6,9-13H,5,7-8H2,(H,20,22)/b19-12+. The van der Waals surface area contributed by atoms with E-state index in [-0.39, 0.29) is 17.6 Å². The first-order valence-corrected chi connectivity index (χ1v) is 9.89. The zero-order valence-electron chi connectivity index (χ0n) is 14.6. The Kier molecular flexibility index (Phi) is 5.69. The van der Waals surface area contributed by atoms with Gasteiger partial charge in [-0.05, 0) is 31.0 Å². The van der Waals surface area contributed by atoms with E-state index in [4.69, 9.17) is 4.18 Å². The summed E-state index contributed by atoms with van der Waals surface area (Å²) in [4.78, 5) is 21.6. The smallest absolute Gasteiger partial charge is 0.346 e. The van der Waals surface area contributed by atoms with Gasteiger partial charge in [0, 0.05) is 17.5 Å². The highest BCUT2D eigenvalue weighted by atomic mass is 32.2. The van der Waals surface area contributed by atoms with Gasteiger partial charge in [0.05, 0.1) is 11.1 Å². The molecule has 2 aromatic carbocycles. The van der Waals surface area contributed by atoms with Crippen molar-refractivity contribution in [3.05, 3.63) is 64.2 Å². The highest BCUT2D eigenvalue weighted by Crippen LogP contribution is 2.28. The molecule has 0 aliphatic heterocycles. The number of hydrogen-bond donors (Lipinski definition) is 1. The van der Waals surface area contributed by atoms with Crippen LogP contribution < -0.4 is 9.61 Å². The fourth-order valence-corrected chi connectivity index (χ4v) is 3.69. The molecule has 10 heteroatoms. The van der Waals surface area contributed by atoms with Gasteiger partial charge in [-0.25, -0.2) is 5.43 Å². The molecule has 2 aromatic rings. The molecule has 1 N–H and O–H groups in total. The van der Waals surface area contributed by atoms with Gasteiger partial charge in [0.15, 0.2) is 10.6 Å². The fourth-order valence-electron chi connectivity index (χ4n) is 2.57. The Labute approximate surface area is 161 Å². The summed E-state index contributed by atoms with van der Waals surface area (Å²) < 4.78 is 30.2. The molecule has 1 saturated carbocycles. The van der Waals surface area contributed by atoms with Crippen molar-refractivity contribution in [3.8, 4) is 5.75 Å². The van der Waals surface area contributed by atoms with Gasteiger partial charge in [-0.3, -0.25) is 14.9 Å². The second-order valence-corrected chi connectivity index (χ2v) is 7.68. The molecule has 3 rings (SSSR count). The van der Waals surface area contributed by atoms with Crippen molar-refractivity contribution in [1.82, 2.24) is 5.43 Å². The van der Waals surface area contributed by atoms with Crippen LogP contribution in [0.5, 0.6) is 5.75 Å². The molecule has 1 aliphatic carbocycles. The van der Waals surface area contributed by atoms with E-state index < -0.39 is 25.6 Å². The Morgan fingerprint density at radius 3 is 2.54 bits per heavy atom. The first kappa shape index (κ1) is 19.5. The maximum Gasteiger partial charge on any atom is 0.346 e. The van der Waals surface area contributed by atoms with Gasteiger partial charge in [0.1, 0.15) is 0 Å². The van der Waals surface area contributed by atoms with Gasteiger partial charge in [0.2, 0.25) is 5.91 Å². The Morgan fingerprint density at radius 2 is 1.86 bits per heavy atom. The Bertz CT molecular complexity index is 1030. The zero-order chi connectivity index (χ0) is 20.1. The second kappa shape index (κ2) is 8.17. The van der Waals surface area contributed by atoms with Gasteiger partial charge in [-0.2, -0.15) is 13.5 Å². The Morgan fingerprint density at radius 1 is 1.18 bits per heavy atom. The number of para-hydroxylation sites is 2. The average molecular weight is 403 g/mol. The molecule has 0 aromatic heterocycles. The topological polar surface area (TPSA) is 128 Å². The molecular weight excluding hydrogens is 386 g/mol. The number of nitro groups is 1. The molecule has 1 fully saturated rings. The van der Waals surface area contributed by atoms with Crippen LogP contribution in [0.2, 0.25) is 0 Å². The van der Waals surface area contributed by atoms with Crippen molar-refractivity contribution >= 4 is 27.9 Å². The first-order valence-electron chi connectivity index (χ1n) is 8.48. The van der Waals surface area contributed by atoms with E-state index in [1.165, 1.54) is 24.4 Å². The Balaban J connectivity index is 1.81. The van der Waals surface area contributed by atoms with E-state index in [9.17, 15) is 23.3 Å². The van der Waals surface area contributed by atoms with Gasteiger partial charge < -0.3 is 4.18 Å². The van der Waals surface area contributed by atoms with Gasteiger partial charge in [-0.1, -0.05) is 30.7 Å². The predicted octanol–water partition coefficient (Wildman–Crippen LogP) is 2.61. The second-order valence-electron chi connectivity index (χ2n) is 6.16. The van der Waals surface area contributed by atoms with Crippen LogP contribution in [0.1, 0.15) is 24.8 Å². The quantitative estimate of drug-likeness (QED) is 0.327. The van der Waals surface area contributed by atoms with Crippen LogP contribution in [-0.2, 0) is 14.9 Å². The molecule has 0 heterocycles. The van der Waals surface area contributed by atoms with Gasteiger partial charge >= 0.3 is 10.1 Å². The minimum atomic E-state index is -4.45. The summed E-state index contributed by atoms with van der Waals surface area (Å²) in [6.07, 6.45) is 3.94. The van der Waals surface area contributed by atoms with E-state index >= 15 is 0 Å². The molecule has 0 saturated heterocycles. The molecule has 0 atom stereocenters. The first-order chi connectivity index (χ1) is 13.4. The number of hydrazone groups is 1. The lowest BCUT2D eigenvalue weighted by molar-refractivity contribution is -0.387. The number of carbonyl (C=O) groups excluding carboxylic acids is 1. The number of rotatable bonds is 7. The minimum Gasteiger partial charge on any atom is -0.378 e. The monoisotopic (exact) mass is 403 g/mol. The molecule has 28 heavy (non-hydrogen) atoms. The number of amides is 1. The van der Waals surface area contributed by atoms with Crippen LogP contribution in [0, 0.1) is 16.0 Å². The molecule has 1 amide bonds. The van der Waals surface area contributed by atoms with Crippen LogP contribution in [0.4, 0.5) is 5.69 Å². The van der Waals surface area contributed by atoms with Crippen LogP contribution in [0.3, 0.4) is 0 Å². The minimum absolute atomic E-state index is 0.0392. The normalized spacial score (nSPS) is 14.4. The summed E-state index contributed by atoms with van der Waals surface area (Å²) in [6, 6.07) is 11.0. The molecule has 9 nitrogen and oxygen atoms in total. The summed E-state index contributed by atoms with van der Waals surface area (Å²) in [6.45, 7) is 0. The number of nitrogens with one attached hydrogen (secondary N) is 1. The molecular formula is C18H17N3O6S. The maximum absolute atomic E-state index is 12.6. The van der Waals surface area contributed by atoms with E-state index in [1.807, 2.05) is 0 Å². The lowest BCUT2D eigenvalue weighted by Gasteiger charge is -2.22. The third-order valence-electron chi connectivity index (χ3n) is 4.30. The molecule has 0 unspecified atom stereocenters. The average Bonchev–Trinajstić information content (AvgIpc) is 2.61. The predicted molar refractivity (Wildman–Crippen MR) is 100 cm³/mol. The summed E-state index contributed by atoms with van der Waals surface area (Å²) in [7, 11) is -4.45. The largest absolute Gasteiger partial charge is 0.378 e. The molecule has 1 aliphatic rings. The Hall–Kier alpha value is -3.27. The zero-order valence-corrected chi connectivity index (χ0v) is 15.5. The molecule has 0 radical (unpaired) electrons. The van der Waals surface area contributed by atoms with E-state index in [0.29, 0.717) is 5.56 Å². The van der Waals surface area contributed by atoms with Gasteiger partial charge in [-0.15, -0.1) is 0 Å². The number of benzene rings is 2. The van der Waals surface area contributed by atoms with Crippen molar-refractivity contribution in [3.63, 3.8) is 0 Å². The van der Waals surface area contributed by atoms with Gasteiger partial charge in [0.25, 0.3) is 5.69 Å². The summed E-state index contributed by atoms with van der Waals surface area (Å²) in [5, 5.41) is 14.9. The van der Waals surface area contributed by atoms with E-state index in [1.54, 1.807) is 18.2 Å². The van der Waals surface area contributed by atoms with Crippen molar-refractivity contribution in [1.29, 1.82) is 0 Å². The van der Waals surface area contributed by atoms with Crippen molar-refractivity contribution in [2.24, 2.45) is 11.0 Å². The highest BCUT2D eigenvalue weighted by molar-refractivity contribution is 7.87. The number of nitrogens with zero attached hydrogens (tertiary/aromatic N) is 2. The van der Waals surface area contributed by atoms with E-state index in [0.717, 1.165) is 31.4 Å². The van der Waals surface area contributed by atoms with Crippen molar-refractivity contribution < 1.29 is 22.3 Å². The van der Waals surface area contributed by atoms with Crippen molar-refractivity contribution in [2.45, 2.75) is 24.2 Å². The molecule has 146 valence electrons. The van der Waals surface area contributed by atoms with Crippen LogP contribution in [0.25, 0.3) is 0 Å². The van der Waals surface area contributed by atoms with E-state index in [2.05, 4.69) is 10.5 Å². The van der Waals surface area contributed by atoms with Crippen LogP contribution >= 0.6 is 0 Å². The highest BCUT2D eigenvalue weighted by Gasteiger charge is 2.28. The lowest BCUT2D eigenvalue weighted by atomic mass is 9.85. The summed E-state index contributed by atoms with van der Waals surface area (Å²) in [5.41, 5.74) is 2.12. The maximum atomic E-state index is 12.6. The third kappa shape index (κ3) is 4.34. The third-order valence-corrected chi connectivity index (χ3v) is 5.59. The summed E-state index contributed by atoms with van der Waals surface area (Å²) >= 11 is 0. The summed E-state index contributed by atoms with van der Waals surface area (Å²) in [5.74, 6) is -0.293. The fraction of sp³-hybridized carbons (Fsp3) is 0.222. The molecule has 0 spiro atoms. The van der Waals surface area contributed by atoms with Crippen LogP contribution in [0.15, 0.2) is 58.5 Å². The number of hydrogen-bond acceptors (Lipinski definition) is 7. The molecule has 0 bridgehead atoms. The lowest BCUT2D eigenvalue weighted by Crippen LogP contribution is -2.31.